The Morgan fingerprint density at radius 2 is 1.71 bits per heavy atom. The number of anilines is 1. The first-order valence-corrected chi connectivity index (χ1v) is 9.51. The summed E-state index contributed by atoms with van der Waals surface area (Å²) in [7, 11) is -3.40. The Labute approximate surface area is 128 Å². The van der Waals surface area contributed by atoms with Crippen LogP contribution in [0.15, 0.2) is 12.1 Å². The Kier molecular flexibility index (Phi) is 5.27. The fraction of sp³-hybridized carbons (Fsp3) is 0.625. The molecule has 0 bridgehead atoms. The zero-order chi connectivity index (χ0) is 15.5. The Morgan fingerprint density at radius 1 is 1.10 bits per heavy atom. The lowest BCUT2D eigenvalue weighted by Gasteiger charge is -2.29. The van der Waals surface area contributed by atoms with E-state index in [1.54, 1.807) is 0 Å². The Bertz CT molecular complexity index is 592. The van der Waals surface area contributed by atoms with Gasteiger partial charge in [0.15, 0.2) is 0 Å². The van der Waals surface area contributed by atoms with Gasteiger partial charge in [-0.25, -0.2) is 0 Å². The minimum atomic E-state index is -3.40. The van der Waals surface area contributed by atoms with Crippen molar-refractivity contribution in [2.75, 3.05) is 24.2 Å². The zero-order valence-electron chi connectivity index (χ0n) is 13.2. The number of hydrogen-bond donors (Lipinski definition) is 0. The lowest BCUT2D eigenvalue weighted by molar-refractivity contribution is 0.310. The van der Waals surface area contributed by atoms with Gasteiger partial charge in [-0.2, -0.15) is 8.42 Å². The molecule has 0 unspecified atom stereocenters. The lowest BCUT2D eigenvalue weighted by atomic mass is 9.87. The van der Waals surface area contributed by atoms with Crippen LogP contribution in [-0.2, 0) is 33.7 Å². The maximum Gasteiger partial charge on any atom is 0.264 e. The molecule has 0 amide bonds. The van der Waals surface area contributed by atoms with Crippen LogP contribution in [0.5, 0.6) is 0 Å². The monoisotopic (exact) mass is 311 g/mol. The van der Waals surface area contributed by atoms with Crippen LogP contribution in [0.4, 0.5) is 5.69 Å². The third kappa shape index (κ3) is 3.98. The number of hydrogen-bond acceptors (Lipinski definition) is 4. The van der Waals surface area contributed by atoms with Crippen LogP contribution in [0, 0.1) is 0 Å². The van der Waals surface area contributed by atoms with Crippen molar-refractivity contribution in [3.8, 4) is 0 Å². The van der Waals surface area contributed by atoms with Crippen LogP contribution in [0.3, 0.4) is 0 Å². The third-order valence-corrected chi connectivity index (χ3v) is 4.69. The van der Waals surface area contributed by atoms with Crippen molar-refractivity contribution >= 4 is 15.8 Å². The molecule has 0 fully saturated rings. The van der Waals surface area contributed by atoms with E-state index in [9.17, 15) is 8.42 Å². The van der Waals surface area contributed by atoms with Gasteiger partial charge in [-0.15, -0.1) is 0 Å². The predicted molar refractivity (Wildman–Crippen MR) is 86.3 cm³/mol. The summed E-state index contributed by atoms with van der Waals surface area (Å²) < 4.78 is 27.4. The molecule has 0 spiro atoms. The molecule has 1 aliphatic carbocycles. The number of rotatable bonds is 6. The van der Waals surface area contributed by atoms with E-state index in [1.807, 2.05) is 6.07 Å². The Morgan fingerprint density at radius 3 is 2.29 bits per heavy atom. The van der Waals surface area contributed by atoms with Crippen molar-refractivity contribution in [3.05, 3.63) is 28.8 Å². The van der Waals surface area contributed by atoms with Gasteiger partial charge in [-0.3, -0.25) is 4.18 Å². The largest absolute Gasteiger partial charge is 0.372 e. The summed E-state index contributed by atoms with van der Waals surface area (Å²) in [6.07, 6.45) is 5.57. The summed E-state index contributed by atoms with van der Waals surface area (Å²) in [5.74, 6) is 0. The normalized spacial score (nSPS) is 14.8. The van der Waals surface area contributed by atoms with Gasteiger partial charge in [0.2, 0.25) is 0 Å². The summed E-state index contributed by atoms with van der Waals surface area (Å²) in [6.45, 7) is 6.46. The highest BCUT2D eigenvalue weighted by atomic mass is 32.2. The molecular formula is C16H25NO3S. The van der Waals surface area contributed by atoms with Crippen molar-refractivity contribution < 1.29 is 12.6 Å². The van der Waals surface area contributed by atoms with Crippen molar-refractivity contribution in [1.29, 1.82) is 0 Å². The molecule has 0 saturated carbocycles. The first kappa shape index (κ1) is 16.3. The molecule has 4 nitrogen and oxygen atoms in total. The smallest absolute Gasteiger partial charge is 0.264 e. The quantitative estimate of drug-likeness (QED) is 0.758. The Balaban J connectivity index is 2.37. The van der Waals surface area contributed by atoms with Crippen LogP contribution < -0.4 is 4.90 Å². The van der Waals surface area contributed by atoms with Crippen LogP contribution >= 0.6 is 0 Å². The molecule has 0 aliphatic heterocycles. The molecule has 1 aliphatic rings. The fourth-order valence-corrected chi connectivity index (χ4v) is 3.43. The molecule has 1 aromatic rings. The van der Waals surface area contributed by atoms with E-state index in [4.69, 9.17) is 4.18 Å². The van der Waals surface area contributed by atoms with Crippen LogP contribution in [0.25, 0.3) is 0 Å². The van der Waals surface area contributed by atoms with E-state index >= 15 is 0 Å². The van der Waals surface area contributed by atoms with Gasteiger partial charge in [-0.1, -0.05) is 6.07 Å². The number of benzene rings is 1. The molecule has 0 saturated heterocycles. The van der Waals surface area contributed by atoms with E-state index in [2.05, 4.69) is 24.8 Å². The van der Waals surface area contributed by atoms with Crippen LogP contribution in [0.2, 0.25) is 0 Å². The van der Waals surface area contributed by atoms with Gasteiger partial charge in [0.25, 0.3) is 10.1 Å². The van der Waals surface area contributed by atoms with E-state index in [-0.39, 0.29) is 6.61 Å². The predicted octanol–water partition coefficient (Wildman–Crippen LogP) is 2.89. The molecule has 5 heteroatoms. The zero-order valence-corrected chi connectivity index (χ0v) is 14.0. The minimum Gasteiger partial charge on any atom is -0.372 e. The maximum absolute atomic E-state index is 11.2. The van der Waals surface area contributed by atoms with Gasteiger partial charge in [0, 0.05) is 18.8 Å². The van der Waals surface area contributed by atoms with Gasteiger partial charge in [0.05, 0.1) is 12.9 Å². The molecule has 0 N–H and O–H groups in total. The molecule has 0 heterocycles. The lowest BCUT2D eigenvalue weighted by Crippen LogP contribution is -2.25. The first-order valence-electron chi connectivity index (χ1n) is 7.69. The molecule has 0 aromatic heterocycles. The maximum atomic E-state index is 11.2. The molecule has 1 aromatic carbocycles. The number of nitrogens with zero attached hydrogens (tertiary/aromatic N) is 1. The highest BCUT2D eigenvalue weighted by Crippen LogP contribution is 2.33. The first-order chi connectivity index (χ1) is 9.96. The highest BCUT2D eigenvalue weighted by molar-refractivity contribution is 7.85. The summed E-state index contributed by atoms with van der Waals surface area (Å²) in [5, 5.41) is 0. The molecule has 2 rings (SSSR count). The van der Waals surface area contributed by atoms with Gasteiger partial charge in [0.1, 0.15) is 0 Å². The van der Waals surface area contributed by atoms with E-state index in [1.165, 1.54) is 29.7 Å². The molecule has 118 valence electrons. The van der Waals surface area contributed by atoms with Crippen LogP contribution in [0.1, 0.15) is 43.4 Å². The molecular weight excluding hydrogens is 286 g/mol. The minimum absolute atomic E-state index is 0.152. The second kappa shape index (κ2) is 6.79. The van der Waals surface area contributed by atoms with E-state index in [0.717, 1.165) is 37.8 Å². The van der Waals surface area contributed by atoms with Crippen molar-refractivity contribution in [3.63, 3.8) is 0 Å². The Hall–Kier alpha value is -1.07. The second-order valence-electron chi connectivity index (χ2n) is 5.55. The van der Waals surface area contributed by atoms with Gasteiger partial charge in [-0.05, 0) is 62.3 Å². The topological polar surface area (TPSA) is 46.6 Å². The van der Waals surface area contributed by atoms with Crippen molar-refractivity contribution in [1.82, 2.24) is 0 Å². The van der Waals surface area contributed by atoms with Crippen molar-refractivity contribution in [2.24, 2.45) is 0 Å². The number of fused-ring (bicyclic) bond motifs is 1. The van der Waals surface area contributed by atoms with E-state index in [0.29, 0.717) is 0 Å². The standard InChI is InChI=1S/C16H25NO3S/c1-4-17(5-2)16-11-10-13(12-20-21(3,18)19)14-8-6-7-9-15(14)16/h10-11H,4-9,12H2,1-3H3. The van der Waals surface area contributed by atoms with Crippen LogP contribution in [-0.4, -0.2) is 27.8 Å². The summed E-state index contributed by atoms with van der Waals surface area (Å²) in [5.41, 5.74) is 5.01. The molecule has 21 heavy (non-hydrogen) atoms. The summed E-state index contributed by atoms with van der Waals surface area (Å²) in [4.78, 5) is 2.37. The average molecular weight is 311 g/mol. The molecule has 0 atom stereocenters. The van der Waals surface area contributed by atoms with Gasteiger partial charge >= 0.3 is 0 Å². The fourth-order valence-electron chi connectivity index (χ4n) is 3.09. The highest BCUT2D eigenvalue weighted by Gasteiger charge is 2.20. The summed E-state index contributed by atoms with van der Waals surface area (Å²) in [6, 6.07) is 4.15. The summed E-state index contributed by atoms with van der Waals surface area (Å²) >= 11 is 0. The second-order valence-corrected chi connectivity index (χ2v) is 7.19. The molecule has 0 radical (unpaired) electrons. The average Bonchev–Trinajstić information content (AvgIpc) is 2.46. The van der Waals surface area contributed by atoms with Gasteiger partial charge < -0.3 is 4.90 Å². The third-order valence-electron chi connectivity index (χ3n) is 4.14. The van der Waals surface area contributed by atoms with Crippen molar-refractivity contribution in [2.45, 2.75) is 46.1 Å². The van der Waals surface area contributed by atoms with E-state index < -0.39 is 10.1 Å². The SMILES string of the molecule is CCN(CC)c1ccc(COS(C)(=O)=O)c2c1CCCC2.